The molecule has 0 fully saturated rings. The Labute approximate surface area is 98.5 Å². The van der Waals surface area contributed by atoms with Gasteiger partial charge < -0.3 is 0 Å². The van der Waals surface area contributed by atoms with Crippen LogP contribution in [0.4, 0.5) is 0 Å². The maximum Gasteiger partial charge on any atom is 0.109 e. The van der Waals surface area contributed by atoms with Crippen LogP contribution >= 0.6 is 0 Å². The van der Waals surface area contributed by atoms with E-state index >= 15 is 0 Å². The van der Waals surface area contributed by atoms with Gasteiger partial charge in [0.2, 0.25) is 0 Å². The molecular formula is C14H20N2. The molecule has 0 bridgehead atoms. The predicted octanol–water partition coefficient (Wildman–Crippen LogP) is 2.64. The van der Waals surface area contributed by atoms with Crippen molar-refractivity contribution in [3.8, 4) is 6.07 Å². The van der Waals surface area contributed by atoms with Gasteiger partial charge in [-0.15, -0.1) is 0 Å². The molecule has 0 radical (unpaired) electrons. The van der Waals surface area contributed by atoms with E-state index in [1.807, 2.05) is 25.9 Å². The molecule has 1 unspecified atom stereocenters. The lowest BCUT2D eigenvalue weighted by molar-refractivity contribution is 0.237. The summed E-state index contributed by atoms with van der Waals surface area (Å²) in [5.74, 6) is 0. The third kappa shape index (κ3) is 2.84. The molecule has 0 aliphatic carbocycles. The van der Waals surface area contributed by atoms with Gasteiger partial charge in [-0.05, 0) is 38.6 Å². The molecule has 0 N–H and O–H groups in total. The SMILES string of the molecule is CCc1ccc(CC(C)(C#N)N(C)C)cc1. The molecular weight excluding hydrogens is 196 g/mol. The topological polar surface area (TPSA) is 27.0 Å². The van der Waals surface area contributed by atoms with Crippen molar-refractivity contribution in [3.05, 3.63) is 35.4 Å². The van der Waals surface area contributed by atoms with Gasteiger partial charge in [0.1, 0.15) is 5.54 Å². The Kier molecular flexibility index (Phi) is 4.09. The summed E-state index contributed by atoms with van der Waals surface area (Å²) in [6.07, 6.45) is 1.82. The van der Waals surface area contributed by atoms with Gasteiger partial charge in [0.25, 0.3) is 0 Å². The minimum absolute atomic E-state index is 0.423. The highest BCUT2D eigenvalue weighted by Gasteiger charge is 2.26. The summed E-state index contributed by atoms with van der Waals surface area (Å²) in [5, 5.41) is 9.23. The zero-order valence-corrected chi connectivity index (χ0v) is 10.6. The summed E-state index contributed by atoms with van der Waals surface area (Å²) < 4.78 is 0. The van der Waals surface area contributed by atoms with E-state index in [9.17, 15) is 5.26 Å². The van der Waals surface area contributed by atoms with Crippen LogP contribution in [-0.4, -0.2) is 24.5 Å². The molecule has 0 spiro atoms. The van der Waals surface area contributed by atoms with E-state index in [0.717, 1.165) is 12.8 Å². The average Bonchev–Trinajstić information content (AvgIpc) is 2.29. The summed E-state index contributed by atoms with van der Waals surface area (Å²) in [7, 11) is 3.90. The van der Waals surface area contributed by atoms with Gasteiger partial charge in [-0.2, -0.15) is 5.26 Å². The van der Waals surface area contributed by atoms with E-state index in [0.29, 0.717) is 0 Å². The zero-order valence-electron chi connectivity index (χ0n) is 10.6. The first-order chi connectivity index (χ1) is 7.51. The number of benzene rings is 1. The van der Waals surface area contributed by atoms with Crippen molar-refractivity contribution in [1.29, 1.82) is 5.26 Å². The molecule has 0 saturated carbocycles. The van der Waals surface area contributed by atoms with Crippen LogP contribution in [0.15, 0.2) is 24.3 Å². The van der Waals surface area contributed by atoms with Crippen molar-refractivity contribution < 1.29 is 0 Å². The van der Waals surface area contributed by atoms with Crippen molar-refractivity contribution in [2.75, 3.05) is 14.1 Å². The van der Waals surface area contributed by atoms with Gasteiger partial charge in [0, 0.05) is 6.42 Å². The van der Waals surface area contributed by atoms with Crippen molar-refractivity contribution in [1.82, 2.24) is 4.90 Å². The van der Waals surface area contributed by atoms with E-state index in [1.54, 1.807) is 0 Å². The molecule has 0 saturated heterocycles. The minimum atomic E-state index is -0.423. The van der Waals surface area contributed by atoms with Crippen molar-refractivity contribution in [2.24, 2.45) is 0 Å². The number of aryl methyl sites for hydroxylation is 1. The largest absolute Gasteiger partial charge is 0.292 e. The molecule has 0 amide bonds. The standard InChI is InChI=1S/C14H20N2/c1-5-12-6-8-13(9-7-12)10-14(2,11-15)16(3)4/h6-9H,5,10H2,1-4H3. The van der Waals surface area contributed by atoms with E-state index in [1.165, 1.54) is 11.1 Å². The number of rotatable bonds is 4. The average molecular weight is 216 g/mol. The van der Waals surface area contributed by atoms with Crippen molar-refractivity contribution >= 4 is 0 Å². The quantitative estimate of drug-likeness (QED) is 0.773. The number of hydrogen-bond donors (Lipinski definition) is 0. The number of nitriles is 1. The summed E-state index contributed by atoms with van der Waals surface area (Å²) in [6.45, 7) is 4.12. The van der Waals surface area contributed by atoms with E-state index in [-0.39, 0.29) is 0 Å². The highest BCUT2D eigenvalue weighted by Crippen LogP contribution is 2.18. The molecule has 0 aliphatic heterocycles. The summed E-state index contributed by atoms with van der Waals surface area (Å²) >= 11 is 0. The van der Waals surface area contributed by atoms with Crippen LogP contribution < -0.4 is 0 Å². The molecule has 0 aromatic heterocycles. The van der Waals surface area contributed by atoms with Gasteiger partial charge in [-0.1, -0.05) is 31.2 Å². The Hall–Kier alpha value is -1.33. The zero-order chi connectivity index (χ0) is 12.2. The van der Waals surface area contributed by atoms with Crippen LogP contribution in [0.1, 0.15) is 25.0 Å². The van der Waals surface area contributed by atoms with Crippen molar-refractivity contribution in [2.45, 2.75) is 32.2 Å². The van der Waals surface area contributed by atoms with Crippen LogP contribution in [0.5, 0.6) is 0 Å². The molecule has 1 aromatic carbocycles. The second kappa shape index (κ2) is 5.14. The second-order valence-electron chi connectivity index (χ2n) is 4.63. The van der Waals surface area contributed by atoms with Gasteiger partial charge in [0.05, 0.1) is 6.07 Å². The first kappa shape index (κ1) is 12.7. The monoisotopic (exact) mass is 216 g/mol. The number of nitrogens with zero attached hydrogens (tertiary/aromatic N) is 2. The van der Waals surface area contributed by atoms with E-state index < -0.39 is 5.54 Å². The van der Waals surface area contributed by atoms with Gasteiger partial charge >= 0.3 is 0 Å². The Balaban J connectivity index is 2.83. The molecule has 2 heteroatoms. The van der Waals surface area contributed by atoms with Crippen LogP contribution in [0.3, 0.4) is 0 Å². The molecule has 16 heavy (non-hydrogen) atoms. The lowest BCUT2D eigenvalue weighted by Crippen LogP contribution is -2.41. The molecule has 0 aliphatic rings. The molecule has 1 aromatic rings. The molecule has 1 rings (SSSR count). The highest BCUT2D eigenvalue weighted by atomic mass is 15.1. The normalized spacial score (nSPS) is 14.5. The van der Waals surface area contributed by atoms with Gasteiger partial charge in [0.15, 0.2) is 0 Å². The Morgan fingerprint density at radius 2 is 1.69 bits per heavy atom. The highest BCUT2D eigenvalue weighted by molar-refractivity contribution is 5.26. The second-order valence-corrected chi connectivity index (χ2v) is 4.63. The maximum absolute atomic E-state index is 9.23. The molecule has 86 valence electrons. The summed E-state index contributed by atoms with van der Waals surface area (Å²) in [4.78, 5) is 1.97. The minimum Gasteiger partial charge on any atom is -0.292 e. The summed E-state index contributed by atoms with van der Waals surface area (Å²) in [5.41, 5.74) is 2.13. The van der Waals surface area contributed by atoms with E-state index in [4.69, 9.17) is 0 Å². The van der Waals surface area contributed by atoms with E-state index in [2.05, 4.69) is 37.3 Å². The lowest BCUT2D eigenvalue weighted by Gasteiger charge is -2.29. The fraction of sp³-hybridized carbons (Fsp3) is 0.500. The van der Waals surface area contributed by atoms with Gasteiger partial charge in [-0.25, -0.2) is 0 Å². The van der Waals surface area contributed by atoms with Crippen molar-refractivity contribution in [3.63, 3.8) is 0 Å². The van der Waals surface area contributed by atoms with Gasteiger partial charge in [-0.3, -0.25) is 4.90 Å². The van der Waals surface area contributed by atoms with Crippen LogP contribution in [0.2, 0.25) is 0 Å². The maximum atomic E-state index is 9.23. The fourth-order valence-corrected chi connectivity index (χ4v) is 1.59. The van der Waals surface area contributed by atoms with Crippen LogP contribution in [0, 0.1) is 11.3 Å². The Morgan fingerprint density at radius 3 is 2.06 bits per heavy atom. The number of likely N-dealkylation sites (N-methyl/N-ethyl adjacent to an activating group) is 1. The fourth-order valence-electron chi connectivity index (χ4n) is 1.59. The van der Waals surface area contributed by atoms with Crippen LogP contribution in [-0.2, 0) is 12.8 Å². The Morgan fingerprint density at radius 1 is 1.19 bits per heavy atom. The smallest absolute Gasteiger partial charge is 0.109 e. The molecule has 0 heterocycles. The third-order valence-corrected chi connectivity index (χ3v) is 3.21. The molecule has 1 atom stereocenters. The number of hydrogen-bond acceptors (Lipinski definition) is 2. The predicted molar refractivity (Wildman–Crippen MR) is 67.2 cm³/mol. The molecule has 2 nitrogen and oxygen atoms in total. The summed E-state index contributed by atoms with van der Waals surface area (Å²) in [6, 6.07) is 10.9. The Bertz CT molecular complexity index is 373. The first-order valence-corrected chi connectivity index (χ1v) is 5.68. The van der Waals surface area contributed by atoms with Crippen LogP contribution in [0.25, 0.3) is 0 Å². The lowest BCUT2D eigenvalue weighted by atomic mass is 9.92. The third-order valence-electron chi connectivity index (χ3n) is 3.21. The first-order valence-electron chi connectivity index (χ1n) is 5.68.